The molecule has 0 bridgehead atoms. The van der Waals surface area contributed by atoms with E-state index in [0.717, 1.165) is 16.9 Å². The predicted octanol–water partition coefficient (Wildman–Crippen LogP) is 1.23. The highest BCUT2D eigenvalue weighted by molar-refractivity contribution is 5.66. The normalized spacial score (nSPS) is 18.7. The lowest BCUT2D eigenvalue weighted by atomic mass is 9.90. The van der Waals surface area contributed by atoms with Crippen molar-refractivity contribution < 1.29 is 14.6 Å². The number of hydrogen-bond donors (Lipinski definition) is 2. The fourth-order valence-electron chi connectivity index (χ4n) is 2.21. The van der Waals surface area contributed by atoms with E-state index >= 15 is 0 Å². The summed E-state index contributed by atoms with van der Waals surface area (Å²) in [6.07, 6.45) is -0.898. The van der Waals surface area contributed by atoms with Crippen LogP contribution < -0.4 is 10.5 Å². The van der Waals surface area contributed by atoms with E-state index in [1.807, 2.05) is 18.2 Å². The van der Waals surface area contributed by atoms with Gasteiger partial charge in [0.15, 0.2) is 0 Å². The zero-order valence-corrected chi connectivity index (χ0v) is 9.72. The molecule has 1 amide bonds. The summed E-state index contributed by atoms with van der Waals surface area (Å²) in [6.45, 7) is 1.31. The summed E-state index contributed by atoms with van der Waals surface area (Å²) in [5.41, 5.74) is 7.82. The smallest absolute Gasteiger partial charge is 0.407 e. The number of amides is 1. The summed E-state index contributed by atoms with van der Waals surface area (Å²) >= 11 is 0. The van der Waals surface area contributed by atoms with E-state index in [1.54, 1.807) is 7.11 Å². The lowest BCUT2D eigenvalue weighted by Crippen LogP contribution is -2.39. The topological polar surface area (TPSA) is 75.8 Å². The second-order valence-corrected chi connectivity index (χ2v) is 4.16. The Bertz CT molecular complexity index is 434. The van der Waals surface area contributed by atoms with Crippen LogP contribution in [0.1, 0.15) is 17.0 Å². The quantitative estimate of drug-likeness (QED) is 0.809. The molecule has 0 aliphatic carbocycles. The maximum atomic E-state index is 11.0. The van der Waals surface area contributed by atoms with Crippen molar-refractivity contribution in [3.8, 4) is 5.75 Å². The summed E-state index contributed by atoms with van der Waals surface area (Å²) in [4.78, 5) is 12.4. The Balaban J connectivity index is 2.36. The van der Waals surface area contributed by atoms with Crippen LogP contribution >= 0.6 is 0 Å². The van der Waals surface area contributed by atoms with Gasteiger partial charge in [-0.2, -0.15) is 0 Å². The van der Waals surface area contributed by atoms with Gasteiger partial charge in [-0.05, 0) is 23.3 Å². The Morgan fingerprint density at radius 3 is 3.00 bits per heavy atom. The molecule has 1 aromatic rings. The number of rotatable bonds is 2. The van der Waals surface area contributed by atoms with E-state index in [1.165, 1.54) is 4.90 Å². The number of nitrogens with two attached hydrogens (primary N) is 1. The molecular weight excluding hydrogens is 220 g/mol. The predicted molar refractivity (Wildman–Crippen MR) is 63.2 cm³/mol. The summed E-state index contributed by atoms with van der Waals surface area (Å²) in [6, 6.07) is 5.70. The molecule has 0 aromatic heterocycles. The first-order chi connectivity index (χ1) is 8.15. The van der Waals surface area contributed by atoms with E-state index in [9.17, 15) is 4.79 Å². The van der Waals surface area contributed by atoms with Crippen LogP contribution in [0.25, 0.3) is 0 Å². The molecule has 1 aliphatic rings. The van der Waals surface area contributed by atoms with E-state index in [-0.39, 0.29) is 5.92 Å². The average molecular weight is 236 g/mol. The van der Waals surface area contributed by atoms with Gasteiger partial charge in [-0.3, -0.25) is 0 Å². The maximum absolute atomic E-state index is 11.0. The van der Waals surface area contributed by atoms with Crippen molar-refractivity contribution >= 4 is 6.09 Å². The minimum absolute atomic E-state index is 0.0462. The Morgan fingerprint density at radius 1 is 1.65 bits per heavy atom. The highest BCUT2D eigenvalue weighted by Gasteiger charge is 2.27. The molecule has 5 heteroatoms. The number of methoxy groups -OCH3 is 1. The molecule has 1 unspecified atom stereocenters. The van der Waals surface area contributed by atoms with Gasteiger partial charge in [0.2, 0.25) is 0 Å². The SMILES string of the molecule is COc1ccc2c(c1)C(CN)CN(C(=O)O)C2. The van der Waals surface area contributed by atoms with Gasteiger partial charge < -0.3 is 20.5 Å². The molecule has 5 nitrogen and oxygen atoms in total. The molecule has 17 heavy (non-hydrogen) atoms. The zero-order valence-electron chi connectivity index (χ0n) is 9.72. The van der Waals surface area contributed by atoms with Crippen molar-refractivity contribution in [3.63, 3.8) is 0 Å². The Labute approximate surface area is 99.8 Å². The molecule has 0 saturated carbocycles. The van der Waals surface area contributed by atoms with Crippen LogP contribution in [0.3, 0.4) is 0 Å². The molecule has 1 aromatic carbocycles. The fourth-order valence-corrected chi connectivity index (χ4v) is 2.21. The van der Waals surface area contributed by atoms with Crippen LogP contribution in [0, 0.1) is 0 Å². The zero-order chi connectivity index (χ0) is 12.4. The Kier molecular flexibility index (Phi) is 3.19. The molecule has 0 spiro atoms. The van der Waals surface area contributed by atoms with Gasteiger partial charge >= 0.3 is 6.09 Å². The van der Waals surface area contributed by atoms with Crippen LogP contribution in [0.4, 0.5) is 4.79 Å². The molecule has 0 fully saturated rings. The van der Waals surface area contributed by atoms with Crippen molar-refractivity contribution in [2.75, 3.05) is 20.2 Å². The van der Waals surface area contributed by atoms with Crippen molar-refractivity contribution in [1.29, 1.82) is 0 Å². The average Bonchev–Trinajstić information content (AvgIpc) is 2.36. The van der Waals surface area contributed by atoms with E-state index in [4.69, 9.17) is 15.6 Å². The summed E-state index contributed by atoms with van der Waals surface area (Å²) in [5.74, 6) is 0.830. The highest BCUT2D eigenvalue weighted by Crippen LogP contribution is 2.30. The largest absolute Gasteiger partial charge is 0.497 e. The highest BCUT2D eigenvalue weighted by atomic mass is 16.5. The molecule has 92 valence electrons. The third-order valence-corrected chi connectivity index (χ3v) is 3.15. The van der Waals surface area contributed by atoms with E-state index in [2.05, 4.69) is 0 Å². The number of carboxylic acid groups (broad SMARTS) is 1. The lowest BCUT2D eigenvalue weighted by molar-refractivity contribution is 0.135. The number of benzene rings is 1. The molecule has 3 N–H and O–H groups in total. The van der Waals surface area contributed by atoms with E-state index in [0.29, 0.717) is 19.6 Å². The van der Waals surface area contributed by atoms with Crippen LogP contribution in [0.5, 0.6) is 5.75 Å². The Morgan fingerprint density at radius 2 is 2.41 bits per heavy atom. The second kappa shape index (κ2) is 4.63. The number of hydrogen-bond acceptors (Lipinski definition) is 3. The van der Waals surface area contributed by atoms with Crippen LogP contribution in [0.2, 0.25) is 0 Å². The fraction of sp³-hybridized carbons (Fsp3) is 0.417. The molecular formula is C12H16N2O3. The first-order valence-electron chi connectivity index (χ1n) is 5.50. The van der Waals surface area contributed by atoms with E-state index < -0.39 is 6.09 Å². The van der Waals surface area contributed by atoms with Crippen LogP contribution in [-0.4, -0.2) is 36.3 Å². The van der Waals surface area contributed by atoms with Gasteiger partial charge in [0, 0.05) is 25.6 Å². The number of fused-ring (bicyclic) bond motifs is 1. The lowest BCUT2D eigenvalue weighted by Gasteiger charge is -2.32. The van der Waals surface area contributed by atoms with Crippen molar-refractivity contribution in [2.24, 2.45) is 5.73 Å². The molecule has 2 rings (SSSR count). The van der Waals surface area contributed by atoms with Crippen LogP contribution in [0.15, 0.2) is 18.2 Å². The van der Waals surface area contributed by atoms with Gasteiger partial charge in [0.05, 0.1) is 7.11 Å². The van der Waals surface area contributed by atoms with Crippen molar-refractivity contribution in [2.45, 2.75) is 12.5 Å². The van der Waals surface area contributed by atoms with Crippen molar-refractivity contribution in [3.05, 3.63) is 29.3 Å². The van der Waals surface area contributed by atoms with Crippen molar-refractivity contribution in [1.82, 2.24) is 4.90 Å². The molecule has 0 radical (unpaired) electrons. The number of ether oxygens (including phenoxy) is 1. The minimum atomic E-state index is -0.898. The molecule has 0 saturated heterocycles. The second-order valence-electron chi connectivity index (χ2n) is 4.16. The Hall–Kier alpha value is -1.75. The standard InChI is InChI=1S/C12H16N2O3/c1-17-10-3-2-8-6-14(12(15)16)7-9(5-13)11(8)4-10/h2-4,9H,5-7,13H2,1H3,(H,15,16). The first-order valence-corrected chi connectivity index (χ1v) is 5.50. The monoisotopic (exact) mass is 236 g/mol. The summed E-state index contributed by atoms with van der Waals surface area (Å²) in [7, 11) is 1.62. The maximum Gasteiger partial charge on any atom is 0.407 e. The summed E-state index contributed by atoms with van der Waals surface area (Å²) < 4.78 is 5.18. The van der Waals surface area contributed by atoms with Crippen LogP contribution in [-0.2, 0) is 6.54 Å². The third-order valence-electron chi connectivity index (χ3n) is 3.15. The van der Waals surface area contributed by atoms with Gasteiger partial charge in [-0.25, -0.2) is 4.79 Å². The third kappa shape index (κ3) is 2.19. The molecule has 1 aliphatic heterocycles. The van der Waals surface area contributed by atoms with Gasteiger partial charge in [0.1, 0.15) is 5.75 Å². The number of nitrogens with zero attached hydrogens (tertiary/aromatic N) is 1. The molecule has 1 atom stereocenters. The van der Waals surface area contributed by atoms with Gasteiger partial charge in [0.25, 0.3) is 0 Å². The molecule has 1 heterocycles. The summed E-state index contributed by atoms with van der Waals surface area (Å²) in [5, 5.41) is 9.04. The first kappa shape index (κ1) is 11.7. The van der Waals surface area contributed by atoms with Gasteiger partial charge in [-0.15, -0.1) is 0 Å². The number of carbonyl (C=O) groups is 1. The minimum Gasteiger partial charge on any atom is -0.497 e. The van der Waals surface area contributed by atoms with Gasteiger partial charge in [-0.1, -0.05) is 6.07 Å².